The van der Waals surface area contributed by atoms with Crippen molar-refractivity contribution in [2.24, 2.45) is 0 Å². The lowest BCUT2D eigenvalue weighted by Gasteiger charge is -2.19. The molecule has 0 bridgehead atoms. The molecule has 2 aromatic rings. The van der Waals surface area contributed by atoms with Crippen molar-refractivity contribution in [3.63, 3.8) is 0 Å². The first kappa shape index (κ1) is 23.0. The lowest BCUT2D eigenvalue weighted by Crippen LogP contribution is -2.20. The third-order valence-corrected chi connectivity index (χ3v) is 5.18. The lowest BCUT2D eigenvalue weighted by molar-refractivity contribution is -0.147. The average Bonchev–Trinajstić information content (AvgIpc) is 2.58. The van der Waals surface area contributed by atoms with Crippen LogP contribution in [0.1, 0.15) is 42.9 Å². The van der Waals surface area contributed by atoms with E-state index in [9.17, 15) is 34.8 Å². The average molecular weight is 442 g/mol. The first-order valence-corrected chi connectivity index (χ1v) is 9.66. The molecule has 2 rings (SSSR count). The van der Waals surface area contributed by atoms with E-state index in [2.05, 4.69) is 0 Å². The molecule has 0 amide bonds. The Hall–Kier alpha value is -2.27. The molecule has 2 aromatic carbocycles. The minimum absolute atomic E-state index is 0.0436. The molecule has 1 unspecified atom stereocenters. The number of rotatable bonds is 5. The van der Waals surface area contributed by atoms with Gasteiger partial charge in [-0.15, -0.1) is 0 Å². The number of ether oxygens (including phenoxy) is 1. The van der Waals surface area contributed by atoms with Crippen LogP contribution in [0.2, 0.25) is 0 Å². The highest BCUT2D eigenvalue weighted by Crippen LogP contribution is 2.44. The van der Waals surface area contributed by atoms with Gasteiger partial charge >= 0.3 is 12.4 Å². The molecule has 0 aromatic heterocycles. The summed E-state index contributed by atoms with van der Waals surface area (Å²) in [5.74, 6) is -0.738. The number of alkyl halides is 6. The summed E-state index contributed by atoms with van der Waals surface area (Å²) in [4.78, 5) is -2.27. The molecule has 0 aliphatic rings. The van der Waals surface area contributed by atoms with E-state index in [4.69, 9.17) is 9.29 Å². The molecule has 0 fully saturated rings. The predicted molar refractivity (Wildman–Crippen MR) is 91.5 cm³/mol. The van der Waals surface area contributed by atoms with Gasteiger partial charge in [-0.05, 0) is 42.2 Å². The van der Waals surface area contributed by atoms with Gasteiger partial charge in [-0.3, -0.25) is 4.55 Å². The van der Waals surface area contributed by atoms with Gasteiger partial charge in [0, 0.05) is 0 Å². The second-order valence-electron chi connectivity index (χ2n) is 6.30. The van der Waals surface area contributed by atoms with Gasteiger partial charge in [0.1, 0.15) is 16.4 Å². The summed E-state index contributed by atoms with van der Waals surface area (Å²) in [6.07, 6.45) is -10.2. The highest BCUT2D eigenvalue weighted by atomic mass is 32.2. The Bertz CT molecular complexity index is 944. The second-order valence-corrected chi connectivity index (χ2v) is 7.66. The predicted octanol–water partition coefficient (Wildman–Crippen LogP) is 6.28. The summed E-state index contributed by atoms with van der Waals surface area (Å²) in [5.41, 5.74) is -3.46. The van der Waals surface area contributed by atoms with Gasteiger partial charge in [-0.1, -0.05) is 26.0 Å². The van der Waals surface area contributed by atoms with Gasteiger partial charge in [0.25, 0.3) is 10.1 Å². The van der Waals surface area contributed by atoms with Crippen LogP contribution in [0.4, 0.5) is 26.3 Å². The first-order chi connectivity index (χ1) is 13.1. The molecule has 29 heavy (non-hydrogen) atoms. The zero-order valence-corrected chi connectivity index (χ0v) is 15.9. The van der Waals surface area contributed by atoms with Crippen molar-refractivity contribution in [1.29, 1.82) is 0 Å². The van der Waals surface area contributed by atoms with E-state index in [0.717, 1.165) is 12.0 Å². The fourth-order valence-corrected chi connectivity index (χ4v) is 3.50. The Balaban J connectivity index is 2.62. The minimum atomic E-state index is -5.83. The van der Waals surface area contributed by atoms with Crippen LogP contribution >= 0.6 is 0 Å². The van der Waals surface area contributed by atoms with Crippen LogP contribution in [0.15, 0.2) is 41.3 Å². The maximum atomic E-state index is 13.2. The van der Waals surface area contributed by atoms with E-state index < -0.39 is 44.2 Å². The maximum Gasteiger partial charge on any atom is 0.417 e. The molecular weight excluding hydrogens is 426 g/mol. The van der Waals surface area contributed by atoms with Crippen molar-refractivity contribution in [3.05, 3.63) is 53.1 Å². The number of benzene rings is 2. The van der Waals surface area contributed by atoms with Crippen LogP contribution in [0, 0.1) is 0 Å². The Morgan fingerprint density at radius 2 is 1.38 bits per heavy atom. The quantitative estimate of drug-likeness (QED) is 0.438. The van der Waals surface area contributed by atoms with E-state index in [1.54, 1.807) is 12.1 Å². The largest absolute Gasteiger partial charge is 0.457 e. The smallest absolute Gasteiger partial charge is 0.417 e. The minimum Gasteiger partial charge on any atom is -0.457 e. The monoisotopic (exact) mass is 442 g/mol. The van der Waals surface area contributed by atoms with Crippen LogP contribution in [-0.2, 0) is 22.5 Å². The Morgan fingerprint density at radius 3 is 1.72 bits per heavy atom. The summed E-state index contributed by atoms with van der Waals surface area (Å²) < 4.78 is 116. The molecule has 0 radical (unpaired) electrons. The molecule has 160 valence electrons. The van der Waals surface area contributed by atoms with Crippen LogP contribution in [0.3, 0.4) is 0 Å². The highest BCUT2D eigenvalue weighted by Gasteiger charge is 2.45. The summed E-state index contributed by atoms with van der Waals surface area (Å²) in [5, 5.41) is 0. The third-order valence-electron chi connectivity index (χ3n) is 4.23. The summed E-state index contributed by atoms with van der Waals surface area (Å²) >= 11 is 0. The van der Waals surface area contributed by atoms with Crippen molar-refractivity contribution >= 4 is 10.1 Å². The molecule has 0 aliphatic carbocycles. The Morgan fingerprint density at radius 1 is 0.931 bits per heavy atom. The number of hydrogen-bond acceptors (Lipinski definition) is 3. The molecule has 0 saturated heterocycles. The molecule has 0 heterocycles. The van der Waals surface area contributed by atoms with E-state index in [1.165, 1.54) is 12.1 Å². The van der Waals surface area contributed by atoms with Crippen molar-refractivity contribution in [3.8, 4) is 11.5 Å². The summed E-state index contributed by atoms with van der Waals surface area (Å²) in [6, 6.07) is 6.18. The molecule has 4 nitrogen and oxygen atoms in total. The van der Waals surface area contributed by atoms with Crippen molar-refractivity contribution in [2.75, 3.05) is 0 Å². The molecule has 1 N–H and O–H groups in total. The van der Waals surface area contributed by atoms with E-state index in [1.807, 2.05) is 13.8 Å². The first-order valence-electron chi connectivity index (χ1n) is 8.22. The maximum absolute atomic E-state index is 13.2. The molecule has 1 atom stereocenters. The van der Waals surface area contributed by atoms with Gasteiger partial charge in [-0.2, -0.15) is 34.8 Å². The van der Waals surface area contributed by atoms with E-state index in [-0.39, 0.29) is 23.8 Å². The summed E-state index contributed by atoms with van der Waals surface area (Å²) in [7, 11) is -5.83. The van der Waals surface area contributed by atoms with Crippen LogP contribution < -0.4 is 4.74 Å². The topological polar surface area (TPSA) is 63.6 Å². The van der Waals surface area contributed by atoms with Crippen LogP contribution in [0.25, 0.3) is 0 Å². The van der Waals surface area contributed by atoms with Crippen LogP contribution in [0.5, 0.6) is 11.5 Å². The van der Waals surface area contributed by atoms with Crippen molar-refractivity contribution < 1.29 is 44.0 Å². The standard InChI is InChI=1S/C18H16F6O4S/c1-3-10(2)11-4-6-12(7-5-11)28-13-8-14(17(19,20)21)16(29(25,26)27)15(9-13)18(22,23)24/h4-10H,3H2,1-2H3,(H,25,26,27). The molecule has 11 heteroatoms. The SMILES string of the molecule is CCC(C)c1ccc(Oc2cc(C(F)(F)F)c(S(=O)(=O)O)c(C(F)(F)F)c2)cc1. The fraction of sp³-hybridized carbons (Fsp3) is 0.333. The molecule has 0 aliphatic heterocycles. The van der Waals surface area contributed by atoms with Crippen molar-refractivity contribution in [2.45, 2.75) is 43.4 Å². The van der Waals surface area contributed by atoms with Gasteiger partial charge in [0.05, 0.1) is 11.1 Å². The van der Waals surface area contributed by atoms with E-state index in [0.29, 0.717) is 0 Å². The molecule has 0 saturated carbocycles. The molecule has 0 spiro atoms. The number of hydrogen-bond donors (Lipinski definition) is 1. The number of halogens is 6. The van der Waals surface area contributed by atoms with Gasteiger partial charge in [0.2, 0.25) is 0 Å². The van der Waals surface area contributed by atoms with Crippen LogP contribution in [-0.4, -0.2) is 13.0 Å². The Kier molecular flexibility index (Phi) is 6.24. The zero-order chi connectivity index (χ0) is 22.2. The second kappa shape index (κ2) is 7.86. The summed E-state index contributed by atoms with van der Waals surface area (Å²) in [6.45, 7) is 3.89. The van der Waals surface area contributed by atoms with E-state index >= 15 is 0 Å². The fourth-order valence-electron chi connectivity index (χ4n) is 2.60. The zero-order valence-electron chi connectivity index (χ0n) is 15.1. The lowest BCUT2D eigenvalue weighted by atomic mass is 9.99. The highest BCUT2D eigenvalue weighted by molar-refractivity contribution is 7.86. The Labute approximate surface area is 162 Å². The molecular formula is C18H16F6O4S. The normalized spacial score (nSPS) is 14.0. The van der Waals surface area contributed by atoms with Crippen molar-refractivity contribution in [1.82, 2.24) is 0 Å². The van der Waals surface area contributed by atoms with Gasteiger partial charge in [-0.25, -0.2) is 0 Å². The van der Waals surface area contributed by atoms with Gasteiger partial charge < -0.3 is 4.74 Å². The van der Waals surface area contributed by atoms with Gasteiger partial charge in [0.15, 0.2) is 0 Å². The third kappa shape index (κ3) is 5.41.